The Morgan fingerprint density at radius 1 is 1.45 bits per heavy atom. The number of aliphatic hydroxyl groups is 1. The summed E-state index contributed by atoms with van der Waals surface area (Å²) in [5, 5.41) is 20.1. The number of carbonyl (C=O) groups excluding carboxylic acids is 1. The number of rotatable bonds is 5. The van der Waals surface area contributed by atoms with Gasteiger partial charge in [0.1, 0.15) is 5.52 Å². The van der Waals surface area contributed by atoms with Crippen molar-refractivity contribution in [3.8, 4) is 0 Å². The van der Waals surface area contributed by atoms with E-state index in [1.165, 1.54) is 0 Å². The van der Waals surface area contributed by atoms with Crippen molar-refractivity contribution in [1.29, 1.82) is 0 Å². The number of aryl methyl sites for hydroxylation is 1. The molecule has 1 amide bonds. The molecule has 0 saturated heterocycles. The molecule has 1 heterocycles. The Hall–Kier alpha value is -1.95. The third-order valence-electron chi connectivity index (χ3n) is 3.23. The Morgan fingerprint density at radius 2 is 2.20 bits per heavy atom. The zero-order valence-corrected chi connectivity index (χ0v) is 12.0. The van der Waals surface area contributed by atoms with E-state index in [-0.39, 0.29) is 17.9 Å². The average Bonchev–Trinajstić information content (AvgIpc) is 2.76. The van der Waals surface area contributed by atoms with E-state index in [9.17, 15) is 9.90 Å². The highest BCUT2D eigenvalue weighted by atomic mass is 16.3. The fourth-order valence-electron chi connectivity index (χ4n) is 2.22. The molecular formula is C14H20N4O2. The van der Waals surface area contributed by atoms with E-state index in [2.05, 4.69) is 15.6 Å². The van der Waals surface area contributed by atoms with Crippen LogP contribution in [0.1, 0.15) is 30.6 Å². The summed E-state index contributed by atoms with van der Waals surface area (Å²) in [5.74, 6) is 0.106. The first-order valence-corrected chi connectivity index (χ1v) is 6.73. The zero-order valence-electron chi connectivity index (χ0n) is 12.0. The quantitative estimate of drug-likeness (QED) is 0.857. The summed E-state index contributed by atoms with van der Waals surface area (Å²) in [7, 11) is 1.81. The molecule has 0 fully saturated rings. The Bertz CT molecular complexity index is 606. The molecule has 1 aromatic carbocycles. The monoisotopic (exact) mass is 276 g/mol. The molecule has 0 spiro atoms. The van der Waals surface area contributed by atoms with Crippen molar-refractivity contribution in [3.05, 3.63) is 23.8 Å². The zero-order chi connectivity index (χ0) is 14.7. The second-order valence-corrected chi connectivity index (χ2v) is 5.32. The minimum atomic E-state index is -0.349. The van der Waals surface area contributed by atoms with Crippen LogP contribution in [0.5, 0.6) is 0 Å². The fourth-order valence-corrected chi connectivity index (χ4v) is 2.22. The molecule has 2 unspecified atom stereocenters. The highest BCUT2D eigenvalue weighted by Gasteiger charge is 2.11. The van der Waals surface area contributed by atoms with Gasteiger partial charge in [0, 0.05) is 19.2 Å². The van der Waals surface area contributed by atoms with E-state index in [0.717, 1.165) is 5.52 Å². The van der Waals surface area contributed by atoms with E-state index >= 15 is 0 Å². The molecule has 1 aromatic heterocycles. The number of aliphatic hydroxyl groups excluding tert-OH is 1. The molecule has 2 N–H and O–H groups in total. The van der Waals surface area contributed by atoms with E-state index in [1.807, 2.05) is 20.0 Å². The van der Waals surface area contributed by atoms with Gasteiger partial charge in [-0.1, -0.05) is 12.1 Å². The van der Waals surface area contributed by atoms with E-state index in [4.69, 9.17) is 0 Å². The Balaban J connectivity index is 2.00. The first-order valence-electron chi connectivity index (χ1n) is 6.73. The smallest absolute Gasteiger partial charge is 0.251 e. The van der Waals surface area contributed by atoms with Crippen LogP contribution >= 0.6 is 0 Å². The number of nitrogens with zero attached hydrogens (tertiary/aromatic N) is 3. The summed E-state index contributed by atoms with van der Waals surface area (Å²) in [6.45, 7) is 4.29. The second kappa shape index (κ2) is 6.00. The lowest BCUT2D eigenvalue weighted by atomic mass is 10.0. The van der Waals surface area contributed by atoms with Gasteiger partial charge in [0.15, 0.2) is 0 Å². The summed E-state index contributed by atoms with van der Waals surface area (Å²) in [4.78, 5) is 12.1. The number of benzene rings is 1. The standard InChI is InChI=1S/C14H20N4O2/c1-9(6-10(2)19)8-15-14(20)11-4-5-13-12(7-11)16-17-18(13)3/h4-5,7,9-10,19H,6,8H2,1-3H3,(H,15,20). The van der Waals surface area contributed by atoms with Gasteiger partial charge in [-0.3, -0.25) is 4.79 Å². The van der Waals surface area contributed by atoms with Crippen LogP contribution in [0, 0.1) is 5.92 Å². The van der Waals surface area contributed by atoms with Gasteiger partial charge in [-0.25, -0.2) is 4.68 Å². The van der Waals surface area contributed by atoms with Crippen LogP contribution in [0.25, 0.3) is 11.0 Å². The molecule has 0 radical (unpaired) electrons. The first-order chi connectivity index (χ1) is 9.47. The Kier molecular flexibility index (Phi) is 4.34. The molecule has 6 heteroatoms. The number of fused-ring (bicyclic) bond motifs is 1. The van der Waals surface area contributed by atoms with Crippen molar-refractivity contribution < 1.29 is 9.90 Å². The summed E-state index contributed by atoms with van der Waals surface area (Å²) in [6, 6.07) is 5.33. The van der Waals surface area contributed by atoms with Crippen LogP contribution in [0.2, 0.25) is 0 Å². The van der Waals surface area contributed by atoms with Gasteiger partial charge in [-0.15, -0.1) is 5.10 Å². The lowest BCUT2D eigenvalue weighted by molar-refractivity contribution is 0.0939. The second-order valence-electron chi connectivity index (χ2n) is 5.32. The number of nitrogens with one attached hydrogen (secondary N) is 1. The molecule has 108 valence electrons. The first kappa shape index (κ1) is 14.5. The molecule has 0 aliphatic carbocycles. The fraction of sp³-hybridized carbons (Fsp3) is 0.500. The van der Waals surface area contributed by atoms with Crippen LogP contribution in [-0.4, -0.2) is 38.7 Å². The van der Waals surface area contributed by atoms with Gasteiger partial charge < -0.3 is 10.4 Å². The van der Waals surface area contributed by atoms with Crippen LogP contribution in [0.4, 0.5) is 0 Å². The van der Waals surface area contributed by atoms with Crippen LogP contribution in [0.15, 0.2) is 18.2 Å². The van der Waals surface area contributed by atoms with Crippen molar-refractivity contribution in [2.45, 2.75) is 26.4 Å². The Morgan fingerprint density at radius 3 is 2.90 bits per heavy atom. The molecule has 0 bridgehead atoms. The number of hydrogen-bond acceptors (Lipinski definition) is 4. The van der Waals surface area contributed by atoms with E-state index in [1.54, 1.807) is 23.7 Å². The molecule has 2 aromatic rings. The third-order valence-corrected chi connectivity index (χ3v) is 3.23. The van der Waals surface area contributed by atoms with Crippen LogP contribution in [-0.2, 0) is 7.05 Å². The number of carbonyl (C=O) groups is 1. The number of hydrogen-bond donors (Lipinski definition) is 2. The minimum Gasteiger partial charge on any atom is -0.393 e. The van der Waals surface area contributed by atoms with Gasteiger partial charge in [-0.2, -0.15) is 0 Å². The predicted octanol–water partition coefficient (Wildman–Crippen LogP) is 1.11. The van der Waals surface area contributed by atoms with Crippen molar-refractivity contribution in [2.24, 2.45) is 13.0 Å². The summed E-state index contributed by atoms with van der Waals surface area (Å²) < 4.78 is 1.67. The van der Waals surface area contributed by atoms with Crippen LogP contribution in [0.3, 0.4) is 0 Å². The lowest BCUT2D eigenvalue weighted by Crippen LogP contribution is -2.29. The van der Waals surface area contributed by atoms with E-state index < -0.39 is 0 Å². The summed E-state index contributed by atoms with van der Waals surface area (Å²) >= 11 is 0. The maximum Gasteiger partial charge on any atom is 0.251 e. The molecule has 0 aliphatic heterocycles. The van der Waals surface area contributed by atoms with Crippen molar-refractivity contribution in [2.75, 3.05) is 6.54 Å². The molecule has 0 saturated carbocycles. The SMILES string of the molecule is CC(O)CC(C)CNC(=O)c1ccc2c(c1)nnn2C. The lowest BCUT2D eigenvalue weighted by Gasteiger charge is -2.14. The van der Waals surface area contributed by atoms with Crippen LogP contribution < -0.4 is 5.32 Å². The van der Waals surface area contributed by atoms with Crippen molar-refractivity contribution >= 4 is 16.9 Å². The highest BCUT2D eigenvalue weighted by molar-refractivity contribution is 5.97. The minimum absolute atomic E-state index is 0.130. The number of amides is 1. The highest BCUT2D eigenvalue weighted by Crippen LogP contribution is 2.12. The number of aromatic nitrogens is 3. The maximum atomic E-state index is 12.1. The van der Waals surface area contributed by atoms with Crippen molar-refractivity contribution in [1.82, 2.24) is 20.3 Å². The average molecular weight is 276 g/mol. The van der Waals surface area contributed by atoms with Gasteiger partial charge in [0.2, 0.25) is 0 Å². The molecule has 6 nitrogen and oxygen atoms in total. The molecule has 0 aliphatic rings. The summed E-state index contributed by atoms with van der Waals surface area (Å²) in [5.41, 5.74) is 2.17. The normalized spacial score (nSPS) is 14.2. The summed E-state index contributed by atoms with van der Waals surface area (Å²) in [6.07, 6.45) is 0.321. The van der Waals surface area contributed by atoms with E-state index in [0.29, 0.717) is 24.0 Å². The predicted molar refractivity (Wildman–Crippen MR) is 76.3 cm³/mol. The maximum absolute atomic E-state index is 12.1. The molecule has 2 rings (SSSR count). The topological polar surface area (TPSA) is 80.0 Å². The Labute approximate surface area is 117 Å². The largest absolute Gasteiger partial charge is 0.393 e. The van der Waals surface area contributed by atoms with Gasteiger partial charge in [0.05, 0.1) is 11.6 Å². The molecule has 20 heavy (non-hydrogen) atoms. The van der Waals surface area contributed by atoms with Gasteiger partial charge in [0.25, 0.3) is 5.91 Å². The van der Waals surface area contributed by atoms with Gasteiger partial charge in [-0.05, 0) is 37.5 Å². The molecular weight excluding hydrogens is 256 g/mol. The van der Waals surface area contributed by atoms with Gasteiger partial charge >= 0.3 is 0 Å². The van der Waals surface area contributed by atoms with Crippen molar-refractivity contribution in [3.63, 3.8) is 0 Å². The third kappa shape index (κ3) is 3.33. The molecule has 2 atom stereocenters.